The average molecular weight is 157 g/mol. The quantitative estimate of drug-likeness (QED) is 0.583. The average Bonchev–Trinajstić information content (AvgIpc) is 2.15. The molecule has 0 spiro atoms. The van der Waals surface area contributed by atoms with Crippen LogP contribution in [-0.2, 0) is 0 Å². The van der Waals surface area contributed by atoms with Gasteiger partial charge in [0.2, 0.25) is 0 Å². The summed E-state index contributed by atoms with van der Waals surface area (Å²) in [7, 11) is 2.00. The highest BCUT2D eigenvalue weighted by Gasteiger charge is 2.11. The van der Waals surface area contributed by atoms with Gasteiger partial charge in [-0.1, -0.05) is 0 Å². The maximum absolute atomic E-state index is 3.46. The van der Waals surface area contributed by atoms with Crippen molar-refractivity contribution in [2.75, 3.05) is 33.4 Å². The number of hydrogen-bond acceptors (Lipinski definition) is 3. The van der Waals surface area contributed by atoms with Gasteiger partial charge < -0.3 is 10.6 Å². The molecule has 11 heavy (non-hydrogen) atoms. The van der Waals surface area contributed by atoms with E-state index in [9.17, 15) is 0 Å². The van der Waals surface area contributed by atoms with E-state index in [-0.39, 0.29) is 0 Å². The van der Waals surface area contributed by atoms with E-state index >= 15 is 0 Å². The Morgan fingerprint density at radius 2 is 2.45 bits per heavy atom. The minimum absolute atomic E-state index is 0.644. The van der Waals surface area contributed by atoms with Crippen LogP contribution < -0.4 is 10.6 Å². The SMILES string of the molecule is CNCN1CCCN[C@@H](C)C1. The maximum atomic E-state index is 3.46. The second-order valence-corrected chi connectivity index (χ2v) is 3.30. The molecule has 66 valence electrons. The van der Waals surface area contributed by atoms with Gasteiger partial charge in [0.15, 0.2) is 0 Å². The van der Waals surface area contributed by atoms with Gasteiger partial charge in [-0.25, -0.2) is 0 Å². The summed E-state index contributed by atoms with van der Waals surface area (Å²) in [5.41, 5.74) is 0. The fourth-order valence-electron chi connectivity index (χ4n) is 1.56. The molecule has 1 saturated heterocycles. The second-order valence-electron chi connectivity index (χ2n) is 3.30. The summed E-state index contributed by atoms with van der Waals surface area (Å²) in [6.07, 6.45) is 1.27. The van der Waals surface area contributed by atoms with Crippen molar-refractivity contribution in [3.8, 4) is 0 Å². The molecule has 1 fully saturated rings. The lowest BCUT2D eigenvalue weighted by Gasteiger charge is -2.21. The first kappa shape index (κ1) is 8.97. The first-order chi connectivity index (χ1) is 5.33. The van der Waals surface area contributed by atoms with Gasteiger partial charge in [-0.05, 0) is 26.9 Å². The topological polar surface area (TPSA) is 27.3 Å². The third-order valence-corrected chi connectivity index (χ3v) is 2.06. The zero-order valence-corrected chi connectivity index (χ0v) is 7.56. The van der Waals surface area contributed by atoms with E-state index in [1.165, 1.54) is 26.1 Å². The van der Waals surface area contributed by atoms with Gasteiger partial charge in [-0.3, -0.25) is 4.90 Å². The third kappa shape index (κ3) is 3.18. The zero-order valence-electron chi connectivity index (χ0n) is 7.56. The van der Waals surface area contributed by atoms with Crippen molar-refractivity contribution in [3.05, 3.63) is 0 Å². The van der Waals surface area contributed by atoms with Gasteiger partial charge >= 0.3 is 0 Å². The first-order valence-electron chi connectivity index (χ1n) is 4.43. The monoisotopic (exact) mass is 157 g/mol. The molecule has 0 aromatic heterocycles. The third-order valence-electron chi connectivity index (χ3n) is 2.06. The highest BCUT2D eigenvalue weighted by atomic mass is 15.2. The zero-order chi connectivity index (χ0) is 8.10. The highest BCUT2D eigenvalue weighted by Crippen LogP contribution is 1.97. The minimum Gasteiger partial charge on any atom is -0.313 e. The standard InChI is InChI=1S/C8H19N3/c1-8-6-11(7-9-2)5-3-4-10-8/h8-10H,3-7H2,1-2H3/t8-/m0/s1. The van der Waals surface area contributed by atoms with Gasteiger partial charge in [0, 0.05) is 25.8 Å². The Labute approximate surface area is 69.1 Å². The highest BCUT2D eigenvalue weighted by molar-refractivity contribution is 4.71. The molecule has 0 aromatic rings. The Hall–Kier alpha value is -0.120. The molecule has 1 aliphatic heterocycles. The molecule has 0 amide bonds. The molecular weight excluding hydrogens is 138 g/mol. The van der Waals surface area contributed by atoms with Crippen molar-refractivity contribution < 1.29 is 0 Å². The largest absolute Gasteiger partial charge is 0.313 e. The van der Waals surface area contributed by atoms with Crippen LogP contribution in [0.3, 0.4) is 0 Å². The molecule has 3 nitrogen and oxygen atoms in total. The van der Waals surface area contributed by atoms with E-state index in [2.05, 4.69) is 22.5 Å². The number of hydrogen-bond donors (Lipinski definition) is 2. The molecule has 1 heterocycles. The number of nitrogens with one attached hydrogen (secondary N) is 2. The van der Waals surface area contributed by atoms with Crippen LogP contribution in [0.4, 0.5) is 0 Å². The number of nitrogens with zero attached hydrogens (tertiary/aromatic N) is 1. The van der Waals surface area contributed by atoms with Crippen molar-refractivity contribution in [2.24, 2.45) is 0 Å². The second kappa shape index (κ2) is 4.70. The van der Waals surface area contributed by atoms with Crippen LogP contribution in [0.1, 0.15) is 13.3 Å². The van der Waals surface area contributed by atoms with E-state index in [0.717, 1.165) is 6.67 Å². The summed E-state index contributed by atoms with van der Waals surface area (Å²) in [4.78, 5) is 2.45. The van der Waals surface area contributed by atoms with Gasteiger partial charge in [-0.15, -0.1) is 0 Å². The molecule has 1 atom stereocenters. The van der Waals surface area contributed by atoms with Gasteiger partial charge in [-0.2, -0.15) is 0 Å². The molecule has 0 radical (unpaired) electrons. The normalized spacial score (nSPS) is 28.4. The Morgan fingerprint density at radius 1 is 1.64 bits per heavy atom. The van der Waals surface area contributed by atoms with Gasteiger partial charge in [0.25, 0.3) is 0 Å². The lowest BCUT2D eigenvalue weighted by atomic mass is 10.3. The molecule has 1 rings (SSSR count). The van der Waals surface area contributed by atoms with Crippen molar-refractivity contribution in [3.63, 3.8) is 0 Å². The summed E-state index contributed by atoms with van der Waals surface area (Å²) in [5, 5.41) is 6.65. The minimum atomic E-state index is 0.644. The van der Waals surface area contributed by atoms with Gasteiger partial charge in [0.1, 0.15) is 0 Å². The van der Waals surface area contributed by atoms with Crippen LogP contribution in [0.5, 0.6) is 0 Å². The van der Waals surface area contributed by atoms with Crippen molar-refractivity contribution >= 4 is 0 Å². The van der Waals surface area contributed by atoms with E-state index < -0.39 is 0 Å². The molecule has 3 heteroatoms. The fraction of sp³-hybridized carbons (Fsp3) is 1.00. The molecule has 0 bridgehead atoms. The Morgan fingerprint density at radius 3 is 3.18 bits per heavy atom. The smallest absolute Gasteiger partial charge is 0.0478 e. The molecule has 0 aliphatic carbocycles. The van der Waals surface area contributed by atoms with E-state index in [1.54, 1.807) is 0 Å². The van der Waals surface area contributed by atoms with Crippen molar-refractivity contribution in [1.29, 1.82) is 0 Å². The van der Waals surface area contributed by atoms with Crippen LogP contribution in [0, 0.1) is 0 Å². The molecule has 2 N–H and O–H groups in total. The summed E-state index contributed by atoms with van der Waals surface area (Å²) in [5.74, 6) is 0. The summed E-state index contributed by atoms with van der Waals surface area (Å²) >= 11 is 0. The summed E-state index contributed by atoms with van der Waals surface area (Å²) in [6, 6.07) is 0.644. The predicted molar refractivity (Wildman–Crippen MR) is 47.6 cm³/mol. The van der Waals surface area contributed by atoms with Crippen molar-refractivity contribution in [2.45, 2.75) is 19.4 Å². The molecule has 0 aromatic carbocycles. The predicted octanol–water partition coefficient (Wildman–Crippen LogP) is -0.153. The Kier molecular flexibility index (Phi) is 3.83. The van der Waals surface area contributed by atoms with Crippen LogP contribution in [0.25, 0.3) is 0 Å². The molecule has 0 saturated carbocycles. The summed E-state index contributed by atoms with van der Waals surface area (Å²) in [6.45, 7) is 6.82. The number of rotatable bonds is 2. The van der Waals surface area contributed by atoms with Crippen LogP contribution in [0.15, 0.2) is 0 Å². The van der Waals surface area contributed by atoms with Crippen LogP contribution in [-0.4, -0.2) is 44.3 Å². The fourth-order valence-corrected chi connectivity index (χ4v) is 1.56. The van der Waals surface area contributed by atoms with Crippen LogP contribution in [0.2, 0.25) is 0 Å². The van der Waals surface area contributed by atoms with E-state index in [0.29, 0.717) is 6.04 Å². The van der Waals surface area contributed by atoms with E-state index in [4.69, 9.17) is 0 Å². The van der Waals surface area contributed by atoms with E-state index in [1.807, 2.05) is 7.05 Å². The lowest BCUT2D eigenvalue weighted by molar-refractivity contribution is 0.260. The van der Waals surface area contributed by atoms with Crippen LogP contribution >= 0.6 is 0 Å². The van der Waals surface area contributed by atoms with Crippen molar-refractivity contribution in [1.82, 2.24) is 15.5 Å². The Bertz CT molecular complexity index is 106. The Balaban J connectivity index is 2.27. The summed E-state index contributed by atoms with van der Waals surface area (Å²) < 4.78 is 0. The molecule has 1 aliphatic rings. The lowest BCUT2D eigenvalue weighted by Crippen LogP contribution is -2.39. The molecular formula is C8H19N3. The first-order valence-corrected chi connectivity index (χ1v) is 4.43. The maximum Gasteiger partial charge on any atom is 0.0478 e. The molecule has 0 unspecified atom stereocenters. The van der Waals surface area contributed by atoms with Gasteiger partial charge in [0.05, 0.1) is 0 Å².